The average Bonchev–Trinajstić information content (AvgIpc) is 3.25. The number of thioether (sulfide) groups is 1. The molecule has 0 saturated carbocycles. The van der Waals surface area contributed by atoms with Gasteiger partial charge in [0.1, 0.15) is 0 Å². The van der Waals surface area contributed by atoms with Crippen LogP contribution in [0.5, 0.6) is 11.5 Å². The summed E-state index contributed by atoms with van der Waals surface area (Å²) in [6.45, 7) is 6.11. The first-order valence-electron chi connectivity index (χ1n) is 11.9. The number of carbonyl (C=O) groups is 2. The van der Waals surface area contributed by atoms with Crippen molar-refractivity contribution in [3.8, 4) is 11.5 Å². The minimum atomic E-state index is -3.49. The van der Waals surface area contributed by atoms with Crippen molar-refractivity contribution in [3.05, 3.63) is 33.2 Å². The van der Waals surface area contributed by atoms with Gasteiger partial charge in [-0.3, -0.25) is 9.59 Å². The van der Waals surface area contributed by atoms with Crippen LogP contribution in [0.3, 0.4) is 0 Å². The van der Waals surface area contributed by atoms with Gasteiger partial charge in [-0.25, -0.2) is 9.71 Å². The molecule has 3 aliphatic rings. The molecule has 1 aromatic carbocycles. The van der Waals surface area contributed by atoms with Gasteiger partial charge < -0.3 is 14.8 Å². The fraction of sp³-hybridized carbons (Fsp3) is 0.542. The molecule has 2 amide bonds. The Hall–Kier alpha value is -2.12. The average molecular weight is 571 g/mol. The van der Waals surface area contributed by atoms with Crippen LogP contribution in [0.2, 0.25) is 5.02 Å². The topological polar surface area (TPSA) is 126 Å². The van der Waals surface area contributed by atoms with Crippen molar-refractivity contribution in [1.82, 2.24) is 14.3 Å². The van der Waals surface area contributed by atoms with Crippen LogP contribution >= 0.6 is 23.4 Å². The zero-order chi connectivity index (χ0) is 27.1. The van der Waals surface area contributed by atoms with Crippen molar-refractivity contribution in [3.63, 3.8) is 0 Å². The number of carbonyl (C=O) groups excluding carboxylic acids is 2. The minimum absolute atomic E-state index is 0.0889. The Kier molecular flexibility index (Phi) is 7.97. The van der Waals surface area contributed by atoms with E-state index in [4.69, 9.17) is 21.1 Å². The smallest absolute Gasteiger partial charge is 0.279 e. The maximum absolute atomic E-state index is 13.1. The summed E-state index contributed by atoms with van der Waals surface area (Å²) in [5.74, 6) is -1.59. The molecule has 37 heavy (non-hydrogen) atoms. The molecule has 202 valence electrons. The standard InChI is InChI=1S/C24H31ClN4O6S2/c1-13-10-19(36-5)17(23(31)28-13)12-27-22(30)16-11-18(25)21-20(14(16)2)34-24(3,35-21)15-6-8-29(9-7-15)37(32,33)26-4/h10-11,15,17,26H,6-9,12H2,1-5H3,(H,27,30). The lowest BCUT2D eigenvalue weighted by atomic mass is 9.90. The van der Waals surface area contributed by atoms with Gasteiger partial charge in [0.2, 0.25) is 0 Å². The second-order valence-corrected chi connectivity index (χ2v) is 12.6. The summed E-state index contributed by atoms with van der Waals surface area (Å²) in [5, 5.41) is 3.08. The van der Waals surface area contributed by atoms with Gasteiger partial charge in [-0.15, -0.1) is 11.8 Å². The first kappa shape index (κ1) is 27.9. The molecule has 2 unspecified atom stereocenters. The number of nitrogens with zero attached hydrogens (tertiary/aromatic N) is 2. The number of hydrogen-bond donors (Lipinski definition) is 2. The van der Waals surface area contributed by atoms with E-state index in [0.29, 0.717) is 54.3 Å². The molecule has 0 spiro atoms. The van der Waals surface area contributed by atoms with Gasteiger partial charge in [0, 0.05) is 61.3 Å². The Morgan fingerprint density at radius 2 is 1.92 bits per heavy atom. The lowest BCUT2D eigenvalue weighted by Crippen LogP contribution is -2.51. The highest BCUT2D eigenvalue weighted by Crippen LogP contribution is 2.51. The second kappa shape index (κ2) is 10.6. The van der Waals surface area contributed by atoms with E-state index in [1.807, 2.05) is 19.3 Å². The highest BCUT2D eigenvalue weighted by atomic mass is 35.5. The van der Waals surface area contributed by atoms with Crippen molar-refractivity contribution in [2.75, 3.05) is 32.9 Å². The van der Waals surface area contributed by atoms with Gasteiger partial charge in [0.05, 0.1) is 10.9 Å². The van der Waals surface area contributed by atoms with Gasteiger partial charge >= 0.3 is 0 Å². The predicted molar refractivity (Wildman–Crippen MR) is 144 cm³/mol. The molecular weight excluding hydrogens is 540 g/mol. The van der Waals surface area contributed by atoms with E-state index < -0.39 is 21.9 Å². The quantitative estimate of drug-likeness (QED) is 0.516. The number of benzene rings is 1. The van der Waals surface area contributed by atoms with E-state index in [-0.39, 0.29) is 29.3 Å². The van der Waals surface area contributed by atoms with Crippen LogP contribution in [0.4, 0.5) is 0 Å². The third-order valence-corrected chi connectivity index (χ3v) is 9.78. The Morgan fingerprint density at radius 1 is 1.27 bits per heavy atom. The van der Waals surface area contributed by atoms with E-state index in [9.17, 15) is 18.0 Å². The predicted octanol–water partition coefficient (Wildman–Crippen LogP) is 2.91. The molecule has 4 rings (SSSR count). The van der Waals surface area contributed by atoms with Crippen LogP contribution in [-0.4, -0.2) is 69.0 Å². The van der Waals surface area contributed by atoms with E-state index in [1.165, 1.54) is 23.1 Å². The second-order valence-electron chi connectivity index (χ2n) is 9.40. The van der Waals surface area contributed by atoms with Crippen LogP contribution in [0.25, 0.3) is 0 Å². The van der Waals surface area contributed by atoms with Crippen molar-refractivity contribution < 1.29 is 27.5 Å². The van der Waals surface area contributed by atoms with Crippen molar-refractivity contribution in [1.29, 1.82) is 0 Å². The van der Waals surface area contributed by atoms with E-state index in [2.05, 4.69) is 15.0 Å². The molecule has 3 heterocycles. The number of rotatable bonds is 7. The number of halogens is 1. The fourth-order valence-corrected chi connectivity index (χ4v) is 6.83. The summed E-state index contributed by atoms with van der Waals surface area (Å²) < 4.78 is 40.5. The SMILES string of the molecule is CNS(=O)(=O)N1CCC(C2(C)Oc3c(Cl)cc(C(=O)NCC4C(=O)N=C(C)C=C4SC)c(C)c3O2)CC1. The number of allylic oxidation sites excluding steroid dienone is 1. The van der Waals surface area contributed by atoms with Gasteiger partial charge in [0.15, 0.2) is 11.5 Å². The monoisotopic (exact) mass is 570 g/mol. The lowest BCUT2D eigenvalue weighted by Gasteiger charge is -2.38. The van der Waals surface area contributed by atoms with Gasteiger partial charge in [-0.05, 0) is 45.1 Å². The van der Waals surface area contributed by atoms with Crippen LogP contribution in [0.15, 0.2) is 22.0 Å². The number of dihydropyridines is 1. The number of piperidine rings is 1. The van der Waals surface area contributed by atoms with Crippen molar-refractivity contribution in [2.24, 2.45) is 16.8 Å². The molecule has 10 nitrogen and oxygen atoms in total. The summed E-state index contributed by atoms with van der Waals surface area (Å²) >= 11 is 7.98. The first-order chi connectivity index (χ1) is 17.4. The minimum Gasteiger partial charge on any atom is -0.448 e. The summed E-state index contributed by atoms with van der Waals surface area (Å²) in [6.07, 6.45) is 4.82. The van der Waals surface area contributed by atoms with Gasteiger partial charge in [-0.1, -0.05) is 11.6 Å². The van der Waals surface area contributed by atoms with E-state index in [0.717, 1.165) is 4.91 Å². The molecule has 0 bridgehead atoms. The molecule has 0 radical (unpaired) electrons. The maximum atomic E-state index is 13.1. The molecule has 1 saturated heterocycles. The largest absolute Gasteiger partial charge is 0.448 e. The van der Waals surface area contributed by atoms with Gasteiger partial charge in [0.25, 0.3) is 27.8 Å². The van der Waals surface area contributed by atoms with Gasteiger partial charge in [-0.2, -0.15) is 12.7 Å². The normalized spacial score (nSPS) is 24.6. The summed E-state index contributed by atoms with van der Waals surface area (Å²) in [4.78, 5) is 30.4. The Balaban J connectivity index is 1.48. The number of fused-ring (bicyclic) bond motifs is 1. The number of ether oxygens (including phenoxy) is 2. The molecule has 3 aliphatic heterocycles. The number of amides is 2. The Labute approximate surface area is 226 Å². The summed E-state index contributed by atoms with van der Waals surface area (Å²) in [7, 11) is -2.10. The van der Waals surface area contributed by atoms with E-state index in [1.54, 1.807) is 19.9 Å². The third-order valence-electron chi connectivity index (χ3n) is 7.07. The van der Waals surface area contributed by atoms with E-state index >= 15 is 0 Å². The zero-order valence-corrected chi connectivity index (χ0v) is 23.8. The number of aliphatic imine (C=N–C) groups is 1. The Bertz CT molecular complexity index is 1290. The van der Waals surface area contributed by atoms with Crippen molar-refractivity contribution in [2.45, 2.75) is 39.4 Å². The molecular formula is C24H31ClN4O6S2. The van der Waals surface area contributed by atoms with Crippen LogP contribution in [-0.2, 0) is 15.0 Å². The number of hydrogen-bond acceptors (Lipinski definition) is 7. The first-order valence-corrected chi connectivity index (χ1v) is 15.0. The highest BCUT2D eigenvalue weighted by Gasteiger charge is 2.48. The Morgan fingerprint density at radius 3 is 2.54 bits per heavy atom. The number of nitrogens with one attached hydrogen (secondary N) is 2. The molecule has 0 aliphatic carbocycles. The van der Waals surface area contributed by atoms with Crippen LogP contribution in [0, 0.1) is 18.8 Å². The molecule has 0 aromatic heterocycles. The maximum Gasteiger partial charge on any atom is 0.279 e. The molecule has 1 fully saturated rings. The molecule has 2 N–H and O–H groups in total. The van der Waals surface area contributed by atoms with Crippen molar-refractivity contribution >= 4 is 51.1 Å². The van der Waals surface area contributed by atoms with Crippen LogP contribution in [0.1, 0.15) is 42.6 Å². The molecule has 13 heteroatoms. The fourth-order valence-electron chi connectivity index (χ4n) is 4.89. The highest BCUT2D eigenvalue weighted by molar-refractivity contribution is 8.02. The summed E-state index contributed by atoms with van der Waals surface area (Å²) in [5.41, 5.74) is 1.54. The van der Waals surface area contributed by atoms with Crippen LogP contribution < -0.4 is 19.5 Å². The zero-order valence-electron chi connectivity index (χ0n) is 21.4. The lowest BCUT2D eigenvalue weighted by molar-refractivity contribution is -0.121. The molecule has 1 aromatic rings. The summed E-state index contributed by atoms with van der Waals surface area (Å²) in [6, 6.07) is 1.54. The third kappa shape index (κ3) is 5.40. The molecule has 2 atom stereocenters.